The number of nitrogens with two attached hydrogens (primary N) is 1. The van der Waals surface area contributed by atoms with Gasteiger partial charge < -0.3 is 5.73 Å². The fourth-order valence-corrected chi connectivity index (χ4v) is 3.13. The minimum atomic E-state index is -0.392. The molecule has 96 valence electrons. The molecule has 2 N–H and O–H groups in total. The van der Waals surface area contributed by atoms with Crippen LogP contribution in [0.3, 0.4) is 0 Å². The van der Waals surface area contributed by atoms with Crippen LogP contribution >= 0.6 is 11.3 Å². The Hall–Kier alpha value is -1.78. The lowest BCUT2D eigenvalue weighted by atomic mass is 10.1. The molecule has 1 unspecified atom stereocenters. The Morgan fingerprint density at radius 1 is 0.947 bits per heavy atom. The van der Waals surface area contributed by atoms with E-state index in [1.807, 2.05) is 6.07 Å². The van der Waals surface area contributed by atoms with E-state index in [4.69, 9.17) is 5.73 Å². The van der Waals surface area contributed by atoms with Crippen molar-refractivity contribution < 1.29 is 8.78 Å². The Morgan fingerprint density at radius 3 is 2.53 bits per heavy atom. The van der Waals surface area contributed by atoms with Gasteiger partial charge in [-0.25, -0.2) is 8.78 Å². The predicted molar refractivity (Wildman–Crippen MR) is 74.2 cm³/mol. The molecule has 0 saturated heterocycles. The van der Waals surface area contributed by atoms with Crippen LogP contribution in [0.1, 0.15) is 16.5 Å². The van der Waals surface area contributed by atoms with Gasteiger partial charge in [0.2, 0.25) is 0 Å². The third-order valence-corrected chi connectivity index (χ3v) is 4.21. The fraction of sp³-hybridized carbons (Fsp3) is 0.0667. The van der Waals surface area contributed by atoms with Gasteiger partial charge in [-0.3, -0.25) is 0 Å². The summed E-state index contributed by atoms with van der Waals surface area (Å²) in [5.41, 5.74) is 6.85. The summed E-state index contributed by atoms with van der Waals surface area (Å²) in [4.78, 5) is 0.895. The van der Waals surface area contributed by atoms with E-state index in [9.17, 15) is 8.78 Å². The number of hydrogen-bond acceptors (Lipinski definition) is 2. The first-order valence-electron chi connectivity index (χ1n) is 5.83. The number of halogens is 2. The van der Waals surface area contributed by atoms with Crippen LogP contribution in [0.5, 0.6) is 0 Å². The summed E-state index contributed by atoms with van der Waals surface area (Å²) in [7, 11) is 0. The highest BCUT2D eigenvalue weighted by atomic mass is 32.1. The molecule has 19 heavy (non-hydrogen) atoms. The van der Waals surface area contributed by atoms with Crippen molar-refractivity contribution >= 4 is 21.4 Å². The molecule has 0 spiro atoms. The van der Waals surface area contributed by atoms with Gasteiger partial charge >= 0.3 is 0 Å². The summed E-state index contributed by atoms with van der Waals surface area (Å²) in [5.74, 6) is -0.573. The monoisotopic (exact) mass is 275 g/mol. The molecule has 4 heteroatoms. The second-order valence-electron chi connectivity index (χ2n) is 4.36. The zero-order valence-electron chi connectivity index (χ0n) is 9.94. The molecule has 0 aliphatic heterocycles. The maximum Gasteiger partial charge on any atom is 0.123 e. The van der Waals surface area contributed by atoms with E-state index in [0.29, 0.717) is 5.56 Å². The van der Waals surface area contributed by atoms with Gasteiger partial charge in [0, 0.05) is 9.58 Å². The zero-order valence-corrected chi connectivity index (χ0v) is 10.8. The molecule has 1 nitrogen and oxygen atoms in total. The molecule has 0 radical (unpaired) electrons. The molecule has 0 bridgehead atoms. The van der Waals surface area contributed by atoms with Crippen LogP contribution in [0.4, 0.5) is 8.78 Å². The molecule has 1 aromatic heterocycles. The predicted octanol–water partition coefficient (Wildman–Crippen LogP) is 4.23. The van der Waals surface area contributed by atoms with E-state index in [-0.39, 0.29) is 11.6 Å². The van der Waals surface area contributed by atoms with Crippen molar-refractivity contribution in [3.63, 3.8) is 0 Å². The maximum atomic E-state index is 13.2. The van der Waals surface area contributed by atoms with Crippen LogP contribution in [0.15, 0.2) is 48.5 Å². The number of rotatable bonds is 2. The summed E-state index contributed by atoms with van der Waals surface area (Å²) < 4.78 is 27.3. The Kier molecular flexibility index (Phi) is 3.05. The highest BCUT2D eigenvalue weighted by molar-refractivity contribution is 7.19. The van der Waals surface area contributed by atoms with Gasteiger partial charge in [0.1, 0.15) is 11.6 Å². The number of hydrogen-bond donors (Lipinski definition) is 1. The van der Waals surface area contributed by atoms with Gasteiger partial charge in [0.05, 0.1) is 6.04 Å². The summed E-state index contributed by atoms with van der Waals surface area (Å²) in [6.45, 7) is 0. The van der Waals surface area contributed by atoms with E-state index < -0.39 is 6.04 Å². The average Bonchev–Trinajstić information content (AvgIpc) is 2.80. The molecule has 3 rings (SSSR count). The van der Waals surface area contributed by atoms with E-state index in [2.05, 4.69) is 0 Å². The SMILES string of the molecule is NC(c1cccc(F)c1)c1cc2cc(F)ccc2s1. The molecule has 0 fully saturated rings. The second kappa shape index (κ2) is 4.72. The smallest absolute Gasteiger partial charge is 0.123 e. The van der Waals surface area contributed by atoms with Gasteiger partial charge in [-0.2, -0.15) is 0 Å². The maximum absolute atomic E-state index is 13.2. The molecular formula is C15H11F2NS. The molecule has 3 aromatic rings. The van der Waals surface area contributed by atoms with E-state index >= 15 is 0 Å². The van der Waals surface area contributed by atoms with Gasteiger partial charge in [0.15, 0.2) is 0 Å². The van der Waals surface area contributed by atoms with Crippen molar-refractivity contribution in [1.29, 1.82) is 0 Å². The number of fused-ring (bicyclic) bond motifs is 1. The third-order valence-electron chi connectivity index (χ3n) is 3.01. The van der Waals surface area contributed by atoms with Crippen LogP contribution in [0, 0.1) is 11.6 Å². The van der Waals surface area contributed by atoms with Gasteiger partial charge in [0.25, 0.3) is 0 Å². The van der Waals surface area contributed by atoms with Gasteiger partial charge in [-0.1, -0.05) is 12.1 Å². The normalized spacial score (nSPS) is 12.8. The van der Waals surface area contributed by atoms with Crippen molar-refractivity contribution in [2.24, 2.45) is 5.73 Å². The Labute approximate surface area is 113 Å². The summed E-state index contributed by atoms with van der Waals surface area (Å²) in [6.07, 6.45) is 0. The van der Waals surface area contributed by atoms with Crippen molar-refractivity contribution in [3.05, 3.63) is 70.6 Å². The fourth-order valence-electron chi connectivity index (χ4n) is 2.05. The number of benzene rings is 2. The topological polar surface area (TPSA) is 26.0 Å². The zero-order chi connectivity index (χ0) is 13.4. The summed E-state index contributed by atoms with van der Waals surface area (Å²) >= 11 is 1.50. The lowest BCUT2D eigenvalue weighted by Crippen LogP contribution is -2.10. The molecule has 0 saturated carbocycles. The molecule has 2 aromatic carbocycles. The van der Waals surface area contributed by atoms with Crippen molar-refractivity contribution in [2.75, 3.05) is 0 Å². The van der Waals surface area contributed by atoms with Crippen LogP contribution in [-0.2, 0) is 0 Å². The second-order valence-corrected chi connectivity index (χ2v) is 5.48. The Balaban J connectivity index is 2.04. The van der Waals surface area contributed by atoms with Gasteiger partial charge in [-0.05, 0) is 47.3 Å². The van der Waals surface area contributed by atoms with Crippen LogP contribution < -0.4 is 5.73 Å². The van der Waals surface area contributed by atoms with E-state index in [0.717, 1.165) is 15.0 Å². The van der Waals surface area contributed by atoms with Crippen molar-refractivity contribution in [1.82, 2.24) is 0 Å². The molecule has 0 amide bonds. The molecule has 0 aliphatic carbocycles. The lowest BCUT2D eigenvalue weighted by molar-refractivity contribution is 0.624. The minimum absolute atomic E-state index is 0.267. The van der Waals surface area contributed by atoms with Crippen molar-refractivity contribution in [2.45, 2.75) is 6.04 Å². The molecule has 0 aliphatic rings. The van der Waals surface area contributed by atoms with Crippen LogP contribution in [0.2, 0.25) is 0 Å². The lowest BCUT2D eigenvalue weighted by Gasteiger charge is -2.09. The molecule has 1 heterocycles. The van der Waals surface area contributed by atoms with E-state index in [1.54, 1.807) is 18.2 Å². The molecular weight excluding hydrogens is 264 g/mol. The Bertz CT molecular complexity index is 736. The minimum Gasteiger partial charge on any atom is -0.320 e. The molecule has 1 atom stereocenters. The van der Waals surface area contributed by atoms with Crippen LogP contribution in [-0.4, -0.2) is 0 Å². The standard InChI is InChI=1S/C15H11F2NS/c16-11-3-1-2-9(6-11)15(18)14-8-10-7-12(17)4-5-13(10)19-14/h1-8,15H,18H2. The van der Waals surface area contributed by atoms with Gasteiger partial charge in [-0.15, -0.1) is 11.3 Å². The summed E-state index contributed by atoms with van der Waals surface area (Å²) in [6, 6.07) is 12.3. The number of thiophene rings is 1. The van der Waals surface area contributed by atoms with Crippen molar-refractivity contribution in [3.8, 4) is 0 Å². The highest BCUT2D eigenvalue weighted by Gasteiger charge is 2.13. The Morgan fingerprint density at radius 2 is 1.74 bits per heavy atom. The van der Waals surface area contributed by atoms with E-state index in [1.165, 1.54) is 35.6 Å². The first-order chi connectivity index (χ1) is 9.13. The first kappa shape index (κ1) is 12.3. The summed E-state index contributed by atoms with van der Waals surface area (Å²) in [5, 5.41) is 0.826. The largest absolute Gasteiger partial charge is 0.320 e. The first-order valence-corrected chi connectivity index (χ1v) is 6.65. The average molecular weight is 275 g/mol. The highest BCUT2D eigenvalue weighted by Crippen LogP contribution is 2.32. The third kappa shape index (κ3) is 2.37. The van der Waals surface area contributed by atoms with Crippen LogP contribution in [0.25, 0.3) is 10.1 Å². The quantitative estimate of drug-likeness (QED) is 0.744.